The van der Waals surface area contributed by atoms with E-state index in [1.54, 1.807) is 29.5 Å². The molecule has 1 amide bonds. The van der Waals surface area contributed by atoms with E-state index in [0.29, 0.717) is 36.5 Å². The molecule has 5 nitrogen and oxygen atoms in total. The molecule has 3 aromatic rings. The highest BCUT2D eigenvalue weighted by molar-refractivity contribution is 7.99. The van der Waals surface area contributed by atoms with Crippen molar-refractivity contribution in [3.63, 3.8) is 0 Å². The maximum absolute atomic E-state index is 14.4. The average Bonchev–Trinajstić information content (AvgIpc) is 3.10. The molecule has 160 valence electrons. The third-order valence-electron chi connectivity index (χ3n) is 4.40. The van der Waals surface area contributed by atoms with Crippen molar-refractivity contribution in [1.29, 1.82) is 0 Å². The van der Waals surface area contributed by atoms with Crippen molar-refractivity contribution in [2.24, 2.45) is 4.99 Å². The Morgan fingerprint density at radius 3 is 2.77 bits per heavy atom. The van der Waals surface area contributed by atoms with E-state index in [-0.39, 0.29) is 11.7 Å². The van der Waals surface area contributed by atoms with Gasteiger partial charge in [0.05, 0.1) is 23.9 Å². The summed E-state index contributed by atoms with van der Waals surface area (Å²) in [6.07, 6.45) is 1.07. The fourth-order valence-corrected chi connectivity index (χ4v) is 4.87. The molecule has 0 unspecified atom stereocenters. The molecular weight excluding hydrogens is 423 g/mol. The van der Waals surface area contributed by atoms with Crippen LogP contribution in [0.3, 0.4) is 0 Å². The van der Waals surface area contributed by atoms with Crippen molar-refractivity contribution in [3.8, 4) is 5.75 Å². The van der Waals surface area contributed by atoms with E-state index in [1.807, 2.05) is 37.3 Å². The lowest BCUT2D eigenvalue weighted by atomic mass is 10.3. The van der Waals surface area contributed by atoms with E-state index >= 15 is 0 Å². The van der Waals surface area contributed by atoms with Gasteiger partial charge in [-0.15, -0.1) is 11.8 Å². The number of halogens is 1. The number of fused-ring (bicyclic) bond motifs is 1. The van der Waals surface area contributed by atoms with Gasteiger partial charge in [-0.3, -0.25) is 4.79 Å². The number of ether oxygens (including phenoxy) is 2. The van der Waals surface area contributed by atoms with Crippen molar-refractivity contribution < 1.29 is 18.7 Å². The Balaban J connectivity index is 1.65. The lowest BCUT2D eigenvalue weighted by Crippen LogP contribution is -2.20. The predicted octanol–water partition coefficient (Wildman–Crippen LogP) is 4.89. The quantitative estimate of drug-likeness (QED) is 0.327. The number of hydrogen-bond donors (Lipinski definition) is 0. The van der Waals surface area contributed by atoms with Crippen LogP contribution in [0, 0.1) is 5.82 Å². The number of nitrogens with zero attached hydrogens (tertiary/aromatic N) is 2. The van der Waals surface area contributed by atoms with Gasteiger partial charge in [0, 0.05) is 24.5 Å². The van der Waals surface area contributed by atoms with Crippen LogP contribution in [0.4, 0.5) is 4.39 Å². The number of rotatable bonds is 10. The summed E-state index contributed by atoms with van der Waals surface area (Å²) in [6, 6.07) is 12.8. The molecule has 1 heterocycles. The second-order valence-corrected chi connectivity index (χ2v) is 8.63. The zero-order chi connectivity index (χ0) is 21.3. The molecule has 0 atom stereocenters. The van der Waals surface area contributed by atoms with Crippen LogP contribution in [0.5, 0.6) is 5.75 Å². The Morgan fingerprint density at radius 1 is 1.23 bits per heavy atom. The van der Waals surface area contributed by atoms with Gasteiger partial charge in [0.15, 0.2) is 4.80 Å². The van der Waals surface area contributed by atoms with Crippen molar-refractivity contribution in [2.45, 2.75) is 31.2 Å². The Morgan fingerprint density at radius 2 is 2.03 bits per heavy atom. The van der Waals surface area contributed by atoms with Crippen molar-refractivity contribution in [1.82, 2.24) is 4.57 Å². The molecule has 0 radical (unpaired) electrons. The first kappa shape index (κ1) is 22.5. The van der Waals surface area contributed by atoms with E-state index < -0.39 is 0 Å². The smallest absolute Gasteiger partial charge is 0.248 e. The number of aromatic nitrogens is 1. The summed E-state index contributed by atoms with van der Waals surface area (Å²) >= 11 is 3.02. The zero-order valence-electron chi connectivity index (χ0n) is 17.1. The first-order valence-corrected chi connectivity index (χ1v) is 11.6. The highest BCUT2D eigenvalue weighted by Gasteiger charge is 2.12. The first-order valence-electron chi connectivity index (χ1n) is 9.82. The Kier molecular flexibility index (Phi) is 8.48. The van der Waals surface area contributed by atoms with Gasteiger partial charge in [0.25, 0.3) is 0 Å². The highest BCUT2D eigenvalue weighted by atomic mass is 32.2. The number of hydrogen-bond acceptors (Lipinski definition) is 5. The third-order valence-corrected chi connectivity index (χ3v) is 6.54. The molecule has 30 heavy (non-hydrogen) atoms. The monoisotopic (exact) mass is 448 g/mol. The summed E-state index contributed by atoms with van der Waals surface area (Å²) < 4.78 is 27.5. The van der Waals surface area contributed by atoms with Crippen LogP contribution in [-0.4, -0.2) is 36.6 Å². The molecule has 1 aromatic heterocycles. The fraction of sp³-hybridized carbons (Fsp3) is 0.364. The number of thioether (sulfide) groups is 1. The number of para-hydroxylation sites is 1. The minimum absolute atomic E-state index is 0.192. The van der Waals surface area contributed by atoms with Crippen LogP contribution in [0.15, 0.2) is 52.4 Å². The average molecular weight is 449 g/mol. The van der Waals surface area contributed by atoms with Crippen LogP contribution < -0.4 is 9.54 Å². The topological polar surface area (TPSA) is 52.8 Å². The summed E-state index contributed by atoms with van der Waals surface area (Å²) in [5, 5.41) is 0. The number of thiazole rings is 1. The number of carbonyl (C=O) groups excluding carboxylic acids is 1. The summed E-state index contributed by atoms with van der Waals surface area (Å²) in [4.78, 5) is 18.4. The van der Waals surface area contributed by atoms with Gasteiger partial charge in [-0.1, -0.05) is 17.4 Å². The molecule has 0 fully saturated rings. The number of methoxy groups -OCH3 is 1. The van der Waals surface area contributed by atoms with Gasteiger partial charge in [-0.25, -0.2) is 4.39 Å². The van der Waals surface area contributed by atoms with Crippen LogP contribution in [0.1, 0.15) is 19.8 Å². The van der Waals surface area contributed by atoms with Crippen molar-refractivity contribution in [2.75, 3.05) is 26.1 Å². The van der Waals surface area contributed by atoms with Gasteiger partial charge in [0.1, 0.15) is 11.6 Å². The van der Waals surface area contributed by atoms with Gasteiger partial charge < -0.3 is 14.0 Å². The number of carbonyl (C=O) groups is 1. The normalized spacial score (nSPS) is 11.9. The molecule has 2 aromatic carbocycles. The van der Waals surface area contributed by atoms with E-state index in [2.05, 4.69) is 4.99 Å². The van der Waals surface area contributed by atoms with Gasteiger partial charge in [-0.2, -0.15) is 4.99 Å². The van der Waals surface area contributed by atoms with Crippen LogP contribution in [0.25, 0.3) is 10.2 Å². The molecule has 0 saturated heterocycles. The highest BCUT2D eigenvalue weighted by Crippen LogP contribution is 2.23. The lowest BCUT2D eigenvalue weighted by molar-refractivity contribution is -0.118. The molecule has 0 spiro atoms. The summed E-state index contributed by atoms with van der Waals surface area (Å²) in [7, 11) is 1.64. The molecule has 0 saturated carbocycles. The summed E-state index contributed by atoms with van der Waals surface area (Å²) in [6.45, 7) is 3.39. The maximum atomic E-state index is 14.4. The van der Waals surface area contributed by atoms with Gasteiger partial charge in [0.2, 0.25) is 5.91 Å². The van der Waals surface area contributed by atoms with Crippen LogP contribution in [0.2, 0.25) is 0 Å². The SMILES string of the molecule is CCOCCn1c(=NC(=O)CCCSc2ccc(OC)cc2)sc2cccc(F)c21. The minimum atomic E-state index is -0.315. The van der Waals surface area contributed by atoms with Gasteiger partial charge in [-0.05, 0) is 55.5 Å². The maximum Gasteiger partial charge on any atom is 0.248 e. The van der Waals surface area contributed by atoms with E-state index in [1.165, 1.54) is 17.4 Å². The zero-order valence-corrected chi connectivity index (χ0v) is 18.7. The first-order chi connectivity index (χ1) is 14.6. The molecule has 0 N–H and O–H groups in total. The molecule has 0 aliphatic carbocycles. The lowest BCUT2D eigenvalue weighted by Gasteiger charge is -2.06. The molecule has 0 aliphatic rings. The Hall–Kier alpha value is -2.16. The van der Waals surface area contributed by atoms with E-state index in [9.17, 15) is 9.18 Å². The van der Waals surface area contributed by atoms with Crippen LogP contribution in [-0.2, 0) is 16.1 Å². The molecule has 8 heteroatoms. The fourth-order valence-electron chi connectivity index (χ4n) is 2.93. The number of benzene rings is 2. The van der Waals surface area contributed by atoms with Crippen LogP contribution >= 0.6 is 23.1 Å². The summed E-state index contributed by atoms with van der Waals surface area (Å²) in [5.41, 5.74) is 0.476. The second-order valence-electron chi connectivity index (χ2n) is 6.45. The predicted molar refractivity (Wildman–Crippen MR) is 120 cm³/mol. The Bertz CT molecular complexity index is 1040. The van der Waals surface area contributed by atoms with E-state index in [4.69, 9.17) is 9.47 Å². The minimum Gasteiger partial charge on any atom is -0.497 e. The standard InChI is InChI=1S/C22H25FN2O3S2/c1-3-28-14-13-25-21-18(23)6-4-7-19(21)30-22(25)24-20(26)8-5-15-29-17-11-9-16(27-2)10-12-17/h4,6-7,9-12H,3,5,8,13-15H2,1-2H3. The molecular formula is C22H25FN2O3S2. The largest absolute Gasteiger partial charge is 0.497 e. The van der Waals surface area contributed by atoms with Crippen molar-refractivity contribution >= 4 is 39.2 Å². The van der Waals surface area contributed by atoms with Crippen molar-refractivity contribution in [3.05, 3.63) is 53.1 Å². The Labute approximate surface area is 183 Å². The van der Waals surface area contributed by atoms with Gasteiger partial charge >= 0.3 is 0 Å². The second kappa shape index (κ2) is 11.3. The molecule has 0 aliphatic heterocycles. The third kappa shape index (κ3) is 5.93. The number of amides is 1. The summed E-state index contributed by atoms with van der Waals surface area (Å²) in [5.74, 6) is 1.14. The molecule has 3 rings (SSSR count). The molecule has 0 bridgehead atoms. The van der Waals surface area contributed by atoms with E-state index in [0.717, 1.165) is 27.5 Å².